The number of aryl methyl sites for hydroxylation is 2. The van der Waals surface area contributed by atoms with Gasteiger partial charge in [0.2, 0.25) is 0 Å². The van der Waals surface area contributed by atoms with Crippen LogP contribution in [0.15, 0.2) is 0 Å². The number of aromatic nitrogens is 2. The molecule has 1 saturated heterocycles. The van der Waals surface area contributed by atoms with Crippen LogP contribution in [-0.4, -0.2) is 46.7 Å². The molecule has 1 amide bonds. The van der Waals surface area contributed by atoms with Gasteiger partial charge in [0.05, 0.1) is 11.3 Å². The standard InChI is InChI=1S/C13H22N4O/c1-8-7-11(5-6-17(8)4)14-13(18)12-9(2)15-16-10(12)3/h8,11H,5-7H2,1-4H3,(H,14,18)(H,15,16). The monoisotopic (exact) mass is 250 g/mol. The third-order valence-electron chi connectivity index (χ3n) is 3.90. The molecule has 18 heavy (non-hydrogen) atoms. The normalized spacial score (nSPS) is 25.1. The van der Waals surface area contributed by atoms with Crippen molar-refractivity contribution in [2.45, 2.75) is 45.7 Å². The number of aromatic amines is 1. The number of likely N-dealkylation sites (tertiary alicyclic amines) is 1. The van der Waals surface area contributed by atoms with Crippen LogP contribution in [0.4, 0.5) is 0 Å². The molecule has 0 bridgehead atoms. The number of nitrogens with one attached hydrogen (secondary N) is 2. The maximum absolute atomic E-state index is 12.2. The van der Waals surface area contributed by atoms with Gasteiger partial charge >= 0.3 is 0 Å². The van der Waals surface area contributed by atoms with Gasteiger partial charge in [0, 0.05) is 24.3 Å². The Morgan fingerprint density at radius 1 is 1.50 bits per heavy atom. The van der Waals surface area contributed by atoms with Gasteiger partial charge in [-0.2, -0.15) is 5.10 Å². The van der Waals surface area contributed by atoms with Gasteiger partial charge < -0.3 is 10.2 Å². The van der Waals surface area contributed by atoms with E-state index < -0.39 is 0 Å². The Bertz CT molecular complexity index is 421. The molecule has 5 heteroatoms. The molecular formula is C13H22N4O. The fraction of sp³-hybridized carbons (Fsp3) is 0.692. The van der Waals surface area contributed by atoms with Crippen molar-refractivity contribution in [3.63, 3.8) is 0 Å². The van der Waals surface area contributed by atoms with E-state index in [2.05, 4.69) is 34.4 Å². The van der Waals surface area contributed by atoms with E-state index in [0.29, 0.717) is 11.6 Å². The summed E-state index contributed by atoms with van der Waals surface area (Å²) in [6.45, 7) is 6.98. The molecule has 1 aliphatic heterocycles. The largest absolute Gasteiger partial charge is 0.349 e. The van der Waals surface area contributed by atoms with E-state index in [-0.39, 0.29) is 11.9 Å². The fourth-order valence-electron chi connectivity index (χ4n) is 2.56. The van der Waals surface area contributed by atoms with Crippen LogP contribution in [0.25, 0.3) is 0 Å². The molecule has 2 N–H and O–H groups in total. The summed E-state index contributed by atoms with van der Waals surface area (Å²) in [6, 6.07) is 0.799. The highest BCUT2D eigenvalue weighted by Crippen LogP contribution is 2.17. The van der Waals surface area contributed by atoms with Crippen molar-refractivity contribution in [2.24, 2.45) is 0 Å². The molecule has 1 fully saturated rings. The average Bonchev–Trinajstić information content (AvgIpc) is 2.64. The molecule has 100 valence electrons. The van der Waals surface area contributed by atoms with Crippen LogP contribution in [0.1, 0.15) is 41.5 Å². The summed E-state index contributed by atoms with van der Waals surface area (Å²) >= 11 is 0. The molecule has 2 heterocycles. The molecule has 0 spiro atoms. The fourth-order valence-corrected chi connectivity index (χ4v) is 2.56. The maximum Gasteiger partial charge on any atom is 0.255 e. The first-order chi connectivity index (χ1) is 8.49. The number of amides is 1. The van der Waals surface area contributed by atoms with Crippen LogP contribution in [-0.2, 0) is 0 Å². The number of carbonyl (C=O) groups excluding carboxylic acids is 1. The second kappa shape index (κ2) is 5.10. The minimum absolute atomic E-state index is 0.000466. The lowest BCUT2D eigenvalue weighted by molar-refractivity contribution is 0.0895. The molecule has 2 rings (SSSR count). The Kier molecular flexibility index (Phi) is 3.71. The first-order valence-corrected chi connectivity index (χ1v) is 6.51. The van der Waals surface area contributed by atoms with Crippen molar-refractivity contribution in [2.75, 3.05) is 13.6 Å². The summed E-state index contributed by atoms with van der Waals surface area (Å²) in [5.41, 5.74) is 2.30. The minimum atomic E-state index is 0.000466. The summed E-state index contributed by atoms with van der Waals surface area (Å²) in [7, 11) is 2.13. The van der Waals surface area contributed by atoms with Gasteiger partial charge in [-0.15, -0.1) is 0 Å². The number of piperidine rings is 1. The van der Waals surface area contributed by atoms with Crippen molar-refractivity contribution in [1.29, 1.82) is 0 Å². The Balaban J connectivity index is 2.00. The lowest BCUT2D eigenvalue weighted by atomic mass is 9.98. The maximum atomic E-state index is 12.2. The Labute approximate surface area is 108 Å². The van der Waals surface area contributed by atoms with Gasteiger partial charge in [-0.3, -0.25) is 9.89 Å². The van der Waals surface area contributed by atoms with Crippen molar-refractivity contribution in [3.8, 4) is 0 Å². The van der Waals surface area contributed by atoms with E-state index in [4.69, 9.17) is 0 Å². The minimum Gasteiger partial charge on any atom is -0.349 e. The molecule has 1 aliphatic rings. The Morgan fingerprint density at radius 2 is 2.22 bits per heavy atom. The second-order valence-corrected chi connectivity index (χ2v) is 5.33. The third kappa shape index (κ3) is 2.56. The summed E-state index contributed by atoms with van der Waals surface area (Å²) < 4.78 is 0. The molecular weight excluding hydrogens is 228 g/mol. The predicted molar refractivity (Wildman–Crippen MR) is 70.6 cm³/mol. The molecule has 5 nitrogen and oxygen atoms in total. The first kappa shape index (κ1) is 13.1. The zero-order valence-electron chi connectivity index (χ0n) is 11.6. The molecule has 0 radical (unpaired) electrons. The number of nitrogens with zero attached hydrogens (tertiary/aromatic N) is 2. The zero-order valence-corrected chi connectivity index (χ0v) is 11.6. The summed E-state index contributed by atoms with van der Waals surface area (Å²) in [5.74, 6) is 0.000466. The van der Waals surface area contributed by atoms with E-state index in [1.165, 1.54) is 0 Å². The van der Waals surface area contributed by atoms with Gasteiger partial charge in [-0.25, -0.2) is 0 Å². The van der Waals surface area contributed by atoms with E-state index in [1.807, 2.05) is 13.8 Å². The number of hydrogen-bond donors (Lipinski definition) is 2. The summed E-state index contributed by atoms with van der Waals surface area (Å²) in [4.78, 5) is 14.5. The van der Waals surface area contributed by atoms with E-state index >= 15 is 0 Å². The van der Waals surface area contributed by atoms with Gasteiger partial charge in [0.15, 0.2) is 0 Å². The van der Waals surface area contributed by atoms with Gasteiger partial charge in [0.1, 0.15) is 0 Å². The number of hydrogen-bond acceptors (Lipinski definition) is 3. The van der Waals surface area contributed by atoms with Gasteiger partial charge in [0.25, 0.3) is 5.91 Å². The lowest BCUT2D eigenvalue weighted by Gasteiger charge is -2.35. The summed E-state index contributed by atoms with van der Waals surface area (Å²) in [6.07, 6.45) is 2.03. The molecule has 0 aromatic carbocycles. The first-order valence-electron chi connectivity index (χ1n) is 6.51. The van der Waals surface area contributed by atoms with Crippen LogP contribution < -0.4 is 5.32 Å². The second-order valence-electron chi connectivity index (χ2n) is 5.33. The summed E-state index contributed by atoms with van der Waals surface area (Å²) in [5, 5.41) is 10.0. The van der Waals surface area contributed by atoms with Gasteiger partial charge in [-0.05, 0) is 40.7 Å². The van der Waals surface area contributed by atoms with Crippen molar-refractivity contribution in [1.82, 2.24) is 20.4 Å². The quantitative estimate of drug-likeness (QED) is 0.830. The number of H-pyrrole nitrogens is 1. The highest BCUT2D eigenvalue weighted by Gasteiger charge is 2.25. The van der Waals surface area contributed by atoms with Crippen LogP contribution in [0.3, 0.4) is 0 Å². The smallest absolute Gasteiger partial charge is 0.255 e. The van der Waals surface area contributed by atoms with Crippen LogP contribution >= 0.6 is 0 Å². The van der Waals surface area contributed by atoms with E-state index in [0.717, 1.165) is 30.8 Å². The highest BCUT2D eigenvalue weighted by molar-refractivity contribution is 5.96. The lowest BCUT2D eigenvalue weighted by Crippen LogP contribution is -2.47. The van der Waals surface area contributed by atoms with E-state index in [1.54, 1.807) is 0 Å². The molecule has 1 aromatic rings. The van der Waals surface area contributed by atoms with Crippen LogP contribution in [0, 0.1) is 13.8 Å². The molecule has 0 aliphatic carbocycles. The zero-order chi connectivity index (χ0) is 13.3. The molecule has 2 atom stereocenters. The Hall–Kier alpha value is -1.36. The van der Waals surface area contributed by atoms with Crippen LogP contribution in [0.2, 0.25) is 0 Å². The molecule has 2 unspecified atom stereocenters. The van der Waals surface area contributed by atoms with E-state index in [9.17, 15) is 4.79 Å². The Morgan fingerprint density at radius 3 is 2.78 bits per heavy atom. The topological polar surface area (TPSA) is 61.0 Å². The average molecular weight is 250 g/mol. The SMILES string of the molecule is Cc1n[nH]c(C)c1C(=O)NC1CCN(C)C(C)C1. The molecule has 0 saturated carbocycles. The van der Waals surface area contributed by atoms with Crippen molar-refractivity contribution >= 4 is 5.91 Å². The highest BCUT2D eigenvalue weighted by atomic mass is 16.1. The van der Waals surface area contributed by atoms with Crippen molar-refractivity contribution < 1.29 is 4.79 Å². The van der Waals surface area contributed by atoms with Crippen molar-refractivity contribution in [3.05, 3.63) is 17.0 Å². The third-order valence-corrected chi connectivity index (χ3v) is 3.90. The number of rotatable bonds is 2. The van der Waals surface area contributed by atoms with Crippen LogP contribution in [0.5, 0.6) is 0 Å². The number of carbonyl (C=O) groups is 1. The van der Waals surface area contributed by atoms with Gasteiger partial charge in [-0.1, -0.05) is 0 Å². The molecule has 1 aromatic heterocycles. The predicted octanol–water partition coefficient (Wildman–Crippen LogP) is 1.24.